The number of nitrogens with zero attached hydrogens (tertiary/aromatic N) is 2. The monoisotopic (exact) mass is 448 g/mol. The maximum absolute atomic E-state index is 6.28. The van der Waals surface area contributed by atoms with Crippen molar-refractivity contribution in [1.29, 1.82) is 0 Å². The zero-order valence-corrected chi connectivity index (χ0v) is 18.6. The molecule has 0 spiro atoms. The van der Waals surface area contributed by atoms with Crippen LogP contribution in [0.25, 0.3) is 4.96 Å². The summed E-state index contributed by atoms with van der Waals surface area (Å²) in [6, 6.07) is 0. The number of halogens is 1. The van der Waals surface area contributed by atoms with Crippen LogP contribution >= 0.6 is 22.9 Å². The standard InChI is InChI=1S/C5H2ClN2S.3C4H9.Sn/c6-4-3-7-5-8(4)1-2-9-5;3*1-3-4-2;/h1,3H;3*1,3-4H2,2H3;. The minimum absolute atomic E-state index is 0.763. The normalized spacial score (nSPS) is 12.4. The van der Waals surface area contributed by atoms with Crippen molar-refractivity contribution in [3.63, 3.8) is 0 Å². The molecule has 2 rings (SSSR count). The van der Waals surface area contributed by atoms with Crippen LogP contribution in [0.2, 0.25) is 18.5 Å². The fraction of sp³-hybridized carbons (Fsp3) is 0.706. The number of rotatable bonds is 10. The third kappa shape index (κ3) is 4.21. The van der Waals surface area contributed by atoms with Gasteiger partial charge in [-0.3, -0.25) is 0 Å². The number of hydrogen-bond donors (Lipinski definition) is 0. The van der Waals surface area contributed by atoms with Crippen LogP contribution in [-0.2, 0) is 0 Å². The molecule has 0 atom stereocenters. The van der Waals surface area contributed by atoms with E-state index in [1.807, 2.05) is 11.3 Å². The molecule has 0 N–H and O–H groups in total. The number of aromatic nitrogens is 2. The van der Waals surface area contributed by atoms with Gasteiger partial charge in [-0.2, -0.15) is 0 Å². The second-order valence-corrected chi connectivity index (χ2v) is 22.0. The molecule has 0 aliphatic heterocycles. The molecule has 0 aromatic carbocycles. The van der Waals surface area contributed by atoms with Gasteiger partial charge in [0.15, 0.2) is 0 Å². The predicted molar refractivity (Wildman–Crippen MR) is 103 cm³/mol. The first kappa shape index (κ1) is 18.6. The van der Waals surface area contributed by atoms with Crippen molar-refractivity contribution in [1.82, 2.24) is 9.38 Å². The molecule has 0 saturated heterocycles. The topological polar surface area (TPSA) is 17.3 Å². The van der Waals surface area contributed by atoms with E-state index in [-0.39, 0.29) is 0 Å². The molecule has 0 aliphatic rings. The molecule has 0 unspecified atom stereocenters. The summed E-state index contributed by atoms with van der Waals surface area (Å²) in [7, 11) is 0. The van der Waals surface area contributed by atoms with E-state index in [4.69, 9.17) is 11.6 Å². The average Bonchev–Trinajstić information content (AvgIpc) is 3.10. The summed E-state index contributed by atoms with van der Waals surface area (Å²) in [5, 5.41) is 0.763. The average molecular weight is 448 g/mol. The first-order chi connectivity index (χ1) is 10.7. The Labute approximate surface area is 148 Å². The number of imidazole rings is 1. The summed E-state index contributed by atoms with van der Waals surface area (Å²) < 4.78 is 8.33. The molecule has 0 bridgehead atoms. The minimum atomic E-state index is -2.29. The fourth-order valence-electron chi connectivity index (χ4n) is 3.29. The number of fused-ring (bicyclic) bond motifs is 1. The van der Waals surface area contributed by atoms with E-state index in [0.717, 1.165) is 10.1 Å². The molecule has 5 heteroatoms. The van der Waals surface area contributed by atoms with Crippen molar-refractivity contribution in [3.05, 3.63) is 17.5 Å². The molecule has 0 amide bonds. The molecule has 2 nitrogen and oxygen atoms in total. The van der Waals surface area contributed by atoms with Crippen molar-refractivity contribution < 1.29 is 0 Å². The van der Waals surface area contributed by atoms with Crippen LogP contribution in [0.3, 0.4) is 0 Å². The molecule has 124 valence electrons. The Bertz CT molecular complexity index is 556. The van der Waals surface area contributed by atoms with Gasteiger partial charge in [0.05, 0.1) is 0 Å². The third-order valence-electron chi connectivity index (χ3n) is 4.71. The van der Waals surface area contributed by atoms with Crippen molar-refractivity contribution in [3.8, 4) is 0 Å². The Kier molecular flexibility index (Phi) is 7.55. The SMILES string of the molecule is CCC[CH2][Sn]([CH2]CCC)([CH2]CCC)[c]1cn2c(Cl)cnc2s1. The first-order valence-electron chi connectivity index (χ1n) is 8.79. The van der Waals surface area contributed by atoms with Crippen LogP contribution < -0.4 is 2.89 Å². The van der Waals surface area contributed by atoms with E-state index in [9.17, 15) is 0 Å². The maximum atomic E-state index is 6.28. The van der Waals surface area contributed by atoms with Crippen LogP contribution in [0, 0.1) is 0 Å². The zero-order chi connectivity index (χ0) is 16.0. The van der Waals surface area contributed by atoms with Gasteiger partial charge in [-0.15, -0.1) is 0 Å². The molecule has 22 heavy (non-hydrogen) atoms. The van der Waals surface area contributed by atoms with Gasteiger partial charge in [0, 0.05) is 0 Å². The Hall–Kier alpha value is 0.259. The molecule has 2 aromatic rings. The Morgan fingerprint density at radius 2 is 1.59 bits per heavy atom. The van der Waals surface area contributed by atoms with Gasteiger partial charge in [-0.25, -0.2) is 0 Å². The van der Waals surface area contributed by atoms with Crippen LogP contribution in [0.5, 0.6) is 0 Å². The molecule has 2 aromatic heterocycles. The van der Waals surface area contributed by atoms with E-state index in [2.05, 4.69) is 36.4 Å². The van der Waals surface area contributed by atoms with Crippen LogP contribution in [-0.4, -0.2) is 27.8 Å². The molecular weight excluding hydrogens is 418 g/mol. The Morgan fingerprint density at radius 1 is 1.05 bits per heavy atom. The molecule has 0 saturated carbocycles. The van der Waals surface area contributed by atoms with Crippen LogP contribution in [0.15, 0.2) is 12.4 Å². The quantitative estimate of drug-likeness (QED) is 0.402. The summed E-state index contributed by atoms with van der Waals surface area (Å²) in [5.41, 5.74) is 0. The molecule has 0 aliphatic carbocycles. The molecular formula is C17H29ClN2SSn. The second kappa shape index (κ2) is 8.93. The van der Waals surface area contributed by atoms with Crippen LogP contribution in [0.1, 0.15) is 59.3 Å². The van der Waals surface area contributed by atoms with Crippen molar-refractivity contribution in [2.24, 2.45) is 0 Å². The van der Waals surface area contributed by atoms with Gasteiger partial charge in [-0.1, -0.05) is 0 Å². The summed E-state index contributed by atoms with van der Waals surface area (Å²) >= 11 is 5.92. The zero-order valence-electron chi connectivity index (χ0n) is 14.2. The predicted octanol–water partition coefficient (Wildman–Crippen LogP) is 6.11. The first-order valence-corrected chi connectivity index (χ1v) is 17.5. The number of hydrogen-bond acceptors (Lipinski definition) is 2. The van der Waals surface area contributed by atoms with Gasteiger partial charge < -0.3 is 0 Å². The molecule has 2 heterocycles. The van der Waals surface area contributed by atoms with Gasteiger partial charge in [0.25, 0.3) is 0 Å². The summed E-state index contributed by atoms with van der Waals surface area (Å²) in [6.07, 6.45) is 12.3. The van der Waals surface area contributed by atoms with Crippen LogP contribution in [0.4, 0.5) is 0 Å². The van der Waals surface area contributed by atoms with Gasteiger partial charge in [0.1, 0.15) is 0 Å². The van der Waals surface area contributed by atoms with Gasteiger partial charge >= 0.3 is 149 Å². The Balaban J connectivity index is 2.37. The Morgan fingerprint density at radius 3 is 2.05 bits per heavy atom. The van der Waals surface area contributed by atoms with Gasteiger partial charge in [0.2, 0.25) is 0 Å². The van der Waals surface area contributed by atoms with E-state index in [0.29, 0.717) is 0 Å². The number of thiazole rings is 1. The number of unbranched alkanes of at least 4 members (excludes halogenated alkanes) is 3. The van der Waals surface area contributed by atoms with E-state index in [1.54, 1.807) is 9.09 Å². The van der Waals surface area contributed by atoms with Crippen molar-refractivity contribution in [2.45, 2.75) is 72.6 Å². The summed E-state index contributed by atoms with van der Waals surface area (Å²) in [5.74, 6) is 0. The van der Waals surface area contributed by atoms with Gasteiger partial charge in [-0.05, 0) is 0 Å². The second-order valence-electron chi connectivity index (χ2n) is 6.42. The molecule has 0 fully saturated rings. The van der Waals surface area contributed by atoms with Crippen molar-refractivity contribution >= 4 is 49.2 Å². The van der Waals surface area contributed by atoms with Crippen molar-refractivity contribution in [2.75, 3.05) is 0 Å². The fourth-order valence-corrected chi connectivity index (χ4v) is 23.4. The van der Waals surface area contributed by atoms with E-state index < -0.39 is 18.4 Å². The van der Waals surface area contributed by atoms with E-state index in [1.165, 1.54) is 51.8 Å². The molecule has 0 radical (unpaired) electrons. The van der Waals surface area contributed by atoms with E-state index >= 15 is 0 Å². The third-order valence-corrected chi connectivity index (χ3v) is 24.2. The summed E-state index contributed by atoms with van der Waals surface area (Å²) in [6.45, 7) is 6.98. The summed E-state index contributed by atoms with van der Waals surface area (Å²) in [4.78, 5) is 5.56.